The average Bonchev–Trinajstić information content (AvgIpc) is 2.77. The van der Waals surface area contributed by atoms with E-state index in [0.29, 0.717) is 29.0 Å². The number of hydrogen-bond donors (Lipinski definition) is 1. The van der Waals surface area contributed by atoms with Crippen molar-refractivity contribution in [1.82, 2.24) is 9.97 Å². The first-order valence-electron chi connectivity index (χ1n) is 9.49. The fraction of sp³-hybridized carbons (Fsp3) is 0.130. The minimum absolute atomic E-state index is 0.125. The molecule has 2 aromatic heterocycles. The van der Waals surface area contributed by atoms with Crippen LogP contribution in [0.3, 0.4) is 0 Å². The number of anilines is 1. The Kier molecular flexibility index (Phi) is 5.95. The summed E-state index contributed by atoms with van der Waals surface area (Å²) in [5.74, 6) is 0.0514. The van der Waals surface area contributed by atoms with E-state index in [1.165, 1.54) is 0 Å². The topological polar surface area (TPSA) is 94.3 Å². The van der Waals surface area contributed by atoms with Gasteiger partial charge in [-0.3, -0.25) is 4.79 Å². The molecular formula is C23H18ClN3O4. The Labute approximate surface area is 182 Å². The molecule has 1 N–H and O–H groups in total. The summed E-state index contributed by atoms with van der Waals surface area (Å²) in [7, 11) is 0. The van der Waals surface area contributed by atoms with Gasteiger partial charge < -0.3 is 14.5 Å². The van der Waals surface area contributed by atoms with Crippen molar-refractivity contribution in [3.63, 3.8) is 0 Å². The van der Waals surface area contributed by atoms with E-state index in [-0.39, 0.29) is 17.8 Å². The maximum Gasteiger partial charge on any atom is 0.340 e. The number of hydrogen-bond acceptors (Lipinski definition) is 6. The van der Waals surface area contributed by atoms with Crippen molar-refractivity contribution in [1.29, 1.82) is 0 Å². The third-order valence-electron chi connectivity index (χ3n) is 4.72. The maximum absolute atomic E-state index is 12.7. The molecule has 2 heterocycles. The van der Waals surface area contributed by atoms with Crippen molar-refractivity contribution in [2.24, 2.45) is 0 Å². The Morgan fingerprint density at radius 1 is 1.13 bits per heavy atom. The number of nitrogens with one attached hydrogen (secondary N) is 1. The number of aryl methyl sites for hydroxylation is 1. The number of carbonyl (C=O) groups excluding carboxylic acids is 1. The number of carbonyl (C=O) groups is 1. The fourth-order valence-corrected chi connectivity index (χ4v) is 3.31. The molecule has 31 heavy (non-hydrogen) atoms. The lowest BCUT2D eigenvalue weighted by Crippen LogP contribution is -2.13. The average molecular weight is 436 g/mol. The number of halogens is 1. The van der Waals surface area contributed by atoms with Crippen LogP contribution in [-0.4, -0.2) is 21.8 Å². The highest BCUT2D eigenvalue weighted by atomic mass is 35.5. The summed E-state index contributed by atoms with van der Waals surface area (Å²) >= 11 is 5.54. The van der Waals surface area contributed by atoms with Gasteiger partial charge in [0.25, 0.3) is 0 Å². The Balaban J connectivity index is 1.63. The van der Waals surface area contributed by atoms with E-state index >= 15 is 0 Å². The Morgan fingerprint density at radius 2 is 1.94 bits per heavy atom. The number of nitrogens with zero attached hydrogens (tertiary/aromatic N) is 2. The van der Waals surface area contributed by atoms with Crippen molar-refractivity contribution in [2.45, 2.75) is 13.3 Å². The number of ether oxygens (including phenoxy) is 1. The molecular weight excluding hydrogens is 418 g/mol. The van der Waals surface area contributed by atoms with Crippen LogP contribution < -0.4 is 15.7 Å². The van der Waals surface area contributed by atoms with Crippen LogP contribution in [0.25, 0.3) is 11.0 Å². The van der Waals surface area contributed by atoms with Crippen LogP contribution >= 0.6 is 11.6 Å². The van der Waals surface area contributed by atoms with Gasteiger partial charge in [-0.1, -0.05) is 12.1 Å². The van der Waals surface area contributed by atoms with Gasteiger partial charge >= 0.3 is 11.6 Å². The zero-order valence-corrected chi connectivity index (χ0v) is 17.3. The second-order valence-corrected chi connectivity index (χ2v) is 7.11. The van der Waals surface area contributed by atoms with E-state index in [2.05, 4.69) is 15.3 Å². The van der Waals surface area contributed by atoms with E-state index < -0.39 is 5.63 Å². The number of alkyl halides is 1. The molecule has 7 nitrogen and oxygen atoms in total. The van der Waals surface area contributed by atoms with Gasteiger partial charge in [0, 0.05) is 41.5 Å². The molecule has 0 unspecified atom stereocenters. The second kappa shape index (κ2) is 8.97. The molecule has 4 rings (SSSR count). The van der Waals surface area contributed by atoms with E-state index in [4.69, 9.17) is 20.8 Å². The first-order valence-corrected chi connectivity index (χ1v) is 10.0. The first-order chi connectivity index (χ1) is 15.0. The van der Waals surface area contributed by atoms with Crippen molar-refractivity contribution in [3.05, 3.63) is 88.0 Å². The Morgan fingerprint density at radius 3 is 2.71 bits per heavy atom. The lowest BCUT2D eigenvalue weighted by atomic mass is 9.99. The van der Waals surface area contributed by atoms with Crippen LogP contribution in [0.5, 0.6) is 11.8 Å². The summed E-state index contributed by atoms with van der Waals surface area (Å²) in [6.07, 6.45) is 3.52. The summed E-state index contributed by atoms with van der Waals surface area (Å²) < 4.78 is 11.2. The molecule has 1 amide bonds. The molecule has 0 aliphatic carbocycles. The van der Waals surface area contributed by atoms with Crippen LogP contribution in [-0.2, 0) is 11.2 Å². The van der Waals surface area contributed by atoms with Crippen LogP contribution in [0.1, 0.15) is 16.7 Å². The maximum atomic E-state index is 12.7. The van der Waals surface area contributed by atoms with Crippen molar-refractivity contribution >= 4 is 34.2 Å². The third kappa shape index (κ3) is 4.73. The second-order valence-electron chi connectivity index (χ2n) is 6.84. The lowest BCUT2D eigenvalue weighted by Gasteiger charge is -2.10. The van der Waals surface area contributed by atoms with Gasteiger partial charge in [0.2, 0.25) is 5.91 Å². The molecule has 0 aliphatic rings. The summed E-state index contributed by atoms with van der Waals surface area (Å²) in [5.41, 5.74) is 2.85. The molecule has 0 fully saturated rings. The van der Waals surface area contributed by atoms with Crippen molar-refractivity contribution < 1.29 is 13.9 Å². The van der Waals surface area contributed by atoms with E-state index in [1.807, 2.05) is 31.2 Å². The molecule has 4 aromatic rings. The molecule has 0 radical (unpaired) electrons. The predicted molar refractivity (Wildman–Crippen MR) is 118 cm³/mol. The molecule has 0 saturated heterocycles. The summed E-state index contributed by atoms with van der Waals surface area (Å²) in [6.45, 7) is 1.88. The number of aromatic nitrogens is 2. The lowest BCUT2D eigenvalue weighted by molar-refractivity contribution is -0.113. The quantitative estimate of drug-likeness (QED) is 0.355. The van der Waals surface area contributed by atoms with Gasteiger partial charge in [0.15, 0.2) is 0 Å². The van der Waals surface area contributed by atoms with Crippen molar-refractivity contribution in [3.8, 4) is 11.8 Å². The van der Waals surface area contributed by atoms with Crippen LogP contribution in [0.2, 0.25) is 0 Å². The number of amides is 1. The monoisotopic (exact) mass is 435 g/mol. The zero-order valence-electron chi connectivity index (χ0n) is 16.6. The SMILES string of the molecule is Cc1c(Cc2cccc(NC(=O)CCl)c2)c(=O)oc2cc(Oc3ncccn3)ccc12. The normalized spacial score (nSPS) is 10.8. The van der Waals surface area contributed by atoms with Crippen LogP contribution in [0, 0.1) is 6.92 Å². The van der Waals surface area contributed by atoms with E-state index in [0.717, 1.165) is 16.5 Å². The van der Waals surface area contributed by atoms with Gasteiger partial charge in [-0.05, 0) is 48.4 Å². The minimum Gasteiger partial charge on any atom is -0.424 e. The van der Waals surface area contributed by atoms with Gasteiger partial charge in [0.1, 0.15) is 17.2 Å². The molecule has 0 saturated carbocycles. The first kappa shape index (κ1) is 20.6. The summed E-state index contributed by atoms with van der Waals surface area (Å²) in [4.78, 5) is 32.3. The van der Waals surface area contributed by atoms with Crippen molar-refractivity contribution in [2.75, 3.05) is 11.2 Å². The van der Waals surface area contributed by atoms with Gasteiger partial charge in [-0.25, -0.2) is 14.8 Å². The molecule has 0 bridgehead atoms. The van der Waals surface area contributed by atoms with Gasteiger partial charge in [-0.15, -0.1) is 11.6 Å². The predicted octanol–water partition coefficient (Wildman–Crippen LogP) is 4.45. The van der Waals surface area contributed by atoms with E-state index in [9.17, 15) is 9.59 Å². The highest BCUT2D eigenvalue weighted by Crippen LogP contribution is 2.27. The minimum atomic E-state index is -0.423. The molecule has 0 atom stereocenters. The Hall–Kier alpha value is -3.71. The van der Waals surface area contributed by atoms with Gasteiger partial charge in [-0.2, -0.15) is 0 Å². The number of fused-ring (bicyclic) bond motifs is 1. The molecule has 8 heteroatoms. The molecule has 156 valence electrons. The smallest absolute Gasteiger partial charge is 0.340 e. The number of rotatable bonds is 6. The fourth-order valence-electron chi connectivity index (χ4n) is 3.24. The van der Waals surface area contributed by atoms with E-state index in [1.54, 1.807) is 36.7 Å². The summed E-state index contributed by atoms with van der Waals surface area (Å²) in [6, 6.07) is 14.4. The largest absolute Gasteiger partial charge is 0.424 e. The highest BCUT2D eigenvalue weighted by Gasteiger charge is 2.14. The molecule has 2 aromatic carbocycles. The highest BCUT2D eigenvalue weighted by molar-refractivity contribution is 6.29. The Bertz CT molecular complexity index is 1310. The van der Waals surface area contributed by atoms with Crippen LogP contribution in [0.15, 0.2) is 70.1 Å². The summed E-state index contributed by atoms with van der Waals surface area (Å²) in [5, 5.41) is 3.51. The van der Waals surface area contributed by atoms with Crippen LogP contribution in [0.4, 0.5) is 5.69 Å². The molecule has 0 aliphatic heterocycles. The standard InChI is InChI=1S/C23H18ClN3O4/c1-14-18-7-6-17(30-23-25-8-3-9-26-23)12-20(18)31-22(29)19(14)11-15-4-2-5-16(10-15)27-21(28)13-24/h2-10,12H,11,13H2,1H3,(H,27,28). The van der Waals surface area contributed by atoms with Gasteiger partial charge in [0.05, 0.1) is 0 Å². The molecule has 0 spiro atoms. The third-order valence-corrected chi connectivity index (χ3v) is 4.97. The zero-order chi connectivity index (χ0) is 21.8. The number of benzene rings is 2.